The number of hydrogen-bond donors (Lipinski definition) is 1. The minimum Gasteiger partial charge on any atom is -0.490 e. The molecule has 2 aliphatic rings. The Morgan fingerprint density at radius 1 is 1.07 bits per heavy atom. The van der Waals surface area contributed by atoms with Crippen molar-refractivity contribution >= 4 is 5.91 Å². The van der Waals surface area contributed by atoms with E-state index in [1.165, 1.54) is 0 Å². The number of H-pyrrole nitrogens is 1. The highest BCUT2D eigenvalue weighted by Crippen LogP contribution is 2.30. The van der Waals surface area contributed by atoms with Crippen LogP contribution in [-0.4, -0.2) is 64.0 Å². The van der Waals surface area contributed by atoms with Crippen LogP contribution in [0.3, 0.4) is 0 Å². The van der Waals surface area contributed by atoms with Crippen molar-refractivity contribution in [3.05, 3.63) is 36.7 Å². The lowest BCUT2D eigenvalue weighted by Gasteiger charge is -2.39. The number of ether oxygens (including phenoxy) is 1. The third-order valence-electron chi connectivity index (χ3n) is 6.31. The fourth-order valence-corrected chi connectivity index (χ4v) is 4.45. The van der Waals surface area contributed by atoms with Gasteiger partial charge in [-0.3, -0.25) is 9.69 Å². The molecule has 0 radical (unpaired) electrons. The predicted molar refractivity (Wildman–Crippen MR) is 114 cm³/mol. The lowest BCUT2D eigenvalue weighted by Crippen LogP contribution is -2.52. The van der Waals surface area contributed by atoms with Crippen molar-refractivity contribution in [3.63, 3.8) is 0 Å². The van der Waals surface area contributed by atoms with E-state index in [0.717, 1.165) is 69.0 Å². The van der Waals surface area contributed by atoms with E-state index in [9.17, 15) is 4.79 Å². The summed E-state index contributed by atoms with van der Waals surface area (Å²) in [6.07, 6.45) is 7.53. The van der Waals surface area contributed by atoms with Gasteiger partial charge in [0.25, 0.3) is 0 Å². The Labute approximate surface area is 173 Å². The first kappa shape index (κ1) is 20.0. The van der Waals surface area contributed by atoms with Crippen molar-refractivity contribution < 1.29 is 9.53 Å². The Hall–Kier alpha value is -2.34. The molecule has 29 heavy (non-hydrogen) atoms. The number of benzene rings is 1. The summed E-state index contributed by atoms with van der Waals surface area (Å²) in [4.78, 5) is 24.8. The van der Waals surface area contributed by atoms with Crippen LogP contribution in [-0.2, 0) is 4.79 Å². The minimum absolute atomic E-state index is 0.168. The van der Waals surface area contributed by atoms with Crippen LogP contribution in [0.15, 0.2) is 36.7 Å². The van der Waals surface area contributed by atoms with E-state index in [4.69, 9.17) is 4.74 Å². The van der Waals surface area contributed by atoms with E-state index < -0.39 is 0 Å². The molecule has 156 valence electrons. The average Bonchev–Trinajstić information content (AvgIpc) is 3.29. The van der Waals surface area contributed by atoms with Crippen molar-refractivity contribution in [3.8, 4) is 17.1 Å². The number of rotatable bonds is 5. The first-order valence-corrected chi connectivity index (χ1v) is 10.9. The SMILES string of the molecule is CC(C)N1CCN(C(=O)C2CCC(Oc3ccc(-c4ncc[nH]4)cc3)CC2)CC1. The summed E-state index contributed by atoms with van der Waals surface area (Å²) in [5, 5.41) is 0. The molecule has 1 saturated carbocycles. The molecule has 2 aromatic rings. The van der Waals surface area contributed by atoms with Gasteiger partial charge in [0.1, 0.15) is 11.6 Å². The maximum atomic E-state index is 12.9. The number of nitrogens with zero attached hydrogens (tertiary/aromatic N) is 3. The van der Waals surface area contributed by atoms with Gasteiger partial charge in [-0.15, -0.1) is 0 Å². The number of piperazine rings is 1. The van der Waals surface area contributed by atoms with Crippen LogP contribution < -0.4 is 4.74 Å². The van der Waals surface area contributed by atoms with Crippen LogP contribution in [0.4, 0.5) is 0 Å². The third-order valence-corrected chi connectivity index (χ3v) is 6.31. The fourth-order valence-electron chi connectivity index (χ4n) is 4.45. The van der Waals surface area contributed by atoms with Crippen LogP contribution in [0, 0.1) is 5.92 Å². The molecule has 2 fully saturated rings. The zero-order valence-electron chi connectivity index (χ0n) is 17.5. The van der Waals surface area contributed by atoms with Gasteiger partial charge in [0.15, 0.2) is 0 Å². The molecule has 1 aliphatic carbocycles. The van der Waals surface area contributed by atoms with Gasteiger partial charge in [-0.2, -0.15) is 0 Å². The molecule has 4 rings (SSSR count). The molecule has 2 heterocycles. The second-order valence-electron chi connectivity index (χ2n) is 8.51. The van der Waals surface area contributed by atoms with Crippen molar-refractivity contribution in [2.45, 2.75) is 51.7 Å². The molecule has 1 aromatic carbocycles. The summed E-state index contributed by atoms with van der Waals surface area (Å²) in [5.74, 6) is 2.28. The number of aromatic amines is 1. The second kappa shape index (κ2) is 8.99. The van der Waals surface area contributed by atoms with Crippen molar-refractivity contribution in [2.24, 2.45) is 5.92 Å². The quantitative estimate of drug-likeness (QED) is 0.839. The summed E-state index contributed by atoms with van der Waals surface area (Å²) >= 11 is 0. The number of amides is 1. The summed E-state index contributed by atoms with van der Waals surface area (Å²) < 4.78 is 6.18. The fraction of sp³-hybridized carbons (Fsp3) is 0.565. The molecular formula is C23H32N4O2. The van der Waals surface area contributed by atoms with Crippen LogP contribution in [0.2, 0.25) is 0 Å². The Balaban J connectivity index is 1.24. The molecule has 1 aromatic heterocycles. The molecule has 0 unspecified atom stereocenters. The number of carbonyl (C=O) groups is 1. The molecule has 0 atom stereocenters. The van der Waals surface area contributed by atoms with E-state index >= 15 is 0 Å². The van der Waals surface area contributed by atoms with Gasteiger partial charge in [0.2, 0.25) is 5.91 Å². The normalized spacial score (nSPS) is 23.3. The van der Waals surface area contributed by atoms with Crippen LogP contribution in [0.25, 0.3) is 11.4 Å². The monoisotopic (exact) mass is 396 g/mol. The highest BCUT2D eigenvalue weighted by Gasteiger charge is 2.32. The predicted octanol–water partition coefficient (Wildman–Crippen LogP) is 3.57. The average molecular weight is 397 g/mol. The van der Waals surface area contributed by atoms with E-state index in [-0.39, 0.29) is 12.0 Å². The van der Waals surface area contributed by atoms with E-state index in [0.29, 0.717) is 11.9 Å². The highest BCUT2D eigenvalue weighted by atomic mass is 16.5. The maximum absolute atomic E-state index is 12.9. The molecule has 6 nitrogen and oxygen atoms in total. The second-order valence-corrected chi connectivity index (χ2v) is 8.51. The smallest absolute Gasteiger partial charge is 0.225 e. The zero-order valence-corrected chi connectivity index (χ0v) is 17.5. The minimum atomic E-state index is 0.168. The summed E-state index contributed by atoms with van der Waals surface area (Å²) in [7, 11) is 0. The van der Waals surface area contributed by atoms with Gasteiger partial charge in [-0.1, -0.05) is 0 Å². The van der Waals surface area contributed by atoms with Crippen molar-refractivity contribution in [1.82, 2.24) is 19.8 Å². The Bertz CT molecular complexity index is 772. The van der Waals surface area contributed by atoms with Gasteiger partial charge in [-0.25, -0.2) is 4.98 Å². The van der Waals surface area contributed by atoms with E-state index in [1.54, 1.807) is 6.20 Å². The molecule has 0 spiro atoms. The highest BCUT2D eigenvalue weighted by molar-refractivity contribution is 5.79. The van der Waals surface area contributed by atoms with Crippen LogP contribution in [0.5, 0.6) is 5.75 Å². The number of carbonyl (C=O) groups excluding carboxylic acids is 1. The van der Waals surface area contributed by atoms with Gasteiger partial charge in [0, 0.05) is 56.1 Å². The molecular weight excluding hydrogens is 364 g/mol. The Morgan fingerprint density at radius 3 is 2.34 bits per heavy atom. The molecule has 1 N–H and O–H groups in total. The van der Waals surface area contributed by atoms with E-state index in [1.807, 2.05) is 30.5 Å². The van der Waals surface area contributed by atoms with Gasteiger partial charge < -0.3 is 14.6 Å². The standard InChI is InChI=1S/C23H32N4O2/c1-17(2)26-13-15-27(16-14-26)23(28)19-5-9-21(10-6-19)29-20-7-3-18(4-8-20)22-24-11-12-25-22/h3-4,7-8,11-12,17,19,21H,5-6,9-10,13-16H2,1-2H3,(H,24,25). The third kappa shape index (κ3) is 4.81. The largest absolute Gasteiger partial charge is 0.490 e. The van der Waals surface area contributed by atoms with Crippen LogP contribution >= 0.6 is 0 Å². The first-order valence-electron chi connectivity index (χ1n) is 10.9. The Kier molecular flexibility index (Phi) is 6.19. The lowest BCUT2D eigenvalue weighted by molar-refractivity contribution is -0.139. The van der Waals surface area contributed by atoms with Gasteiger partial charge >= 0.3 is 0 Å². The van der Waals surface area contributed by atoms with E-state index in [2.05, 4.69) is 33.6 Å². The van der Waals surface area contributed by atoms with Crippen LogP contribution in [0.1, 0.15) is 39.5 Å². The zero-order chi connectivity index (χ0) is 20.2. The molecule has 1 aliphatic heterocycles. The summed E-state index contributed by atoms with van der Waals surface area (Å²) in [6.45, 7) is 8.18. The topological polar surface area (TPSA) is 61.5 Å². The molecule has 0 bridgehead atoms. The molecule has 6 heteroatoms. The van der Waals surface area contributed by atoms with Crippen molar-refractivity contribution in [2.75, 3.05) is 26.2 Å². The number of nitrogens with one attached hydrogen (secondary N) is 1. The number of imidazole rings is 1. The summed E-state index contributed by atoms with van der Waals surface area (Å²) in [6, 6.07) is 8.63. The molecule has 1 saturated heterocycles. The first-order chi connectivity index (χ1) is 14.1. The molecule has 1 amide bonds. The maximum Gasteiger partial charge on any atom is 0.225 e. The Morgan fingerprint density at radius 2 is 1.76 bits per heavy atom. The van der Waals surface area contributed by atoms with Crippen molar-refractivity contribution in [1.29, 1.82) is 0 Å². The lowest BCUT2D eigenvalue weighted by atomic mass is 9.86. The number of aromatic nitrogens is 2. The van der Waals surface area contributed by atoms with Gasteiger partial charge in [-0.05, 0) is 63.8 Å². The van der Waals surface area contributed by atoms with Gasteiger partial charge in [0.05, 0.1) is 6.10 Å². The number of hydrogen-bond acceptors (Lipinski definition) is 4. The summed E-state index contributed by atoms with van der Waals surface area (Å²) in [5.41, 5.74) is 1.05.